The maximum absolute atomic E-state index is 2.33. The minimum Gasteiger partial charge on any atom is -0.0776 e. The summed E-state index contributed by atoms with van der Waals surface area (Å²) in [4.78, 5) is 0. The van der Waals surface area contributed by atoms with Gasteiger partial charge in [-0.2, -0.15) is 0 Å². The molecule has 2 rings (SSSR count). The molecule has 2 aliphatic rings. The molecule has 0 fully saturated rings. The summed E-state index contributed by atoms with van der Waals surface area (Å²) in [5, 5.41) is 0. The SMILES string of the molecule is C1=CC(CCCCCCCCCC2C=CC=C2)C=C1. The highest BCUT2D eigenvalue weighted by Crippen LogP contribution is 2.19. The predicted molar refractivity (Wildman–Crippen MR) is 85.1 cm³/mol. The second-order valence-electron chi connectivity index (χ2n) is 5.92. The van der Waals surface area contributed by atoms with Crippen LogP contribution in [0.25, 0.3) is 0 Å². The first-order chi connectivity index (χ1) is 9.45. The molecular formula is C19H28. The van der Waals surface area contributed by atoms with Crippen LogP contribution >= 0.6 is 0 Å². The van der Waals surface area contributed by atoms with Gasteiger partial charge in [0.25, 0.3) is 0 Å². The molecular weight excluding hydrogens is 228 g/mol. The molecule has 0 N–H and O–H groups in total. The van der Waals surface area contributed by atoms with E-state index in [9.17, 15) is 0 Å². The van der Waals surface area contributed by atoms with Gasteiger partial charge in [0.15, 0.2) is 0 Å². The van der Waals surface area contributed by atoms with Crippen LogP contribution in [0.15, 0.2) is 48.6 Å². The molecule has 0 heterocycles. The van der Waals surface area contributed by atoms with Crippen molar-refractivity contribution in [1.82, 2.24) is 0 Å². The molecule has 0 radical (unpaired) electrons. The Kier molecular flexibility index (Phi) is 6.78. The molecule has 0 aliphatic heterocycles. The Bertz CT molecular complexity index is 285. The Morgan fingerprint density at radius 3 is 1.11 bits per heavy atom. The smallest absolute Gasteiger partial charge is 0.00473 e. The predicted octanol–water partition coefficient (Wildman–Crippen LogP) is 5.98. The van der Waals surface area contributed by atoms with Gasteiger partial charge in [-0.3, -0.25) is 0 Å². The van der Waals surface area contributed by atoms with Crippen LogP contribution in [0, 0.1) is 11.8 Å². The molecule has 0 heteroatoms. The van der Waals surface area contributed by atoms with Crippen LogP contribution < -0.4 is 0 Å². The molecule has 0 nitrogen and oxygen atoms in total. The Morgan fingerprint density at radius 1 is 0.421 bits per heavy atom. The Labute approximate surface area is 119 Å². The molecule has 0 aromatic rings. The van der Waals surface area contributed by atoms with Crippen molar-refractivity contribution in [1.29, 1.82) is 0 Å². The normalized spacial score (nSPS) is 18.1. The van der Waals surface area contributed by atoms with E-state index in [1.54, 1.807) is 0 Å². The number of allylic oxidation sites excluding steroid dienone is 8. The van der Waals surface area contributed by atoms with Gasteiger partial charge in [-0.15, -0.1) is 0 Å². The van der Waals surface area contributed by atoms with Crippen LogP contribution in [0.5, 0.6) is 0 Å². The molecule has 19 heavy (non-hydrogen) atoms. The number of hydrogen-bond acceptors (Lipinski definition) is 0. The van der Waals surface area contributed by atoms with Gasteiger partial charge in [0.1, 0.15) is 0 Å². The lowest BCUT2D eigenvalue weighted by Crippen LogP contribution is -1.90. The molecule has 0 bridgehead atoms. The average molecular weight is 256 g/mol. The van der Waals surface area contributed by atoms with Crippen LogP contribution in [0.3, 0.4) is 0 Å². The zero-order chi connectivity index (χ0) is 13.2. The van der Waals surface area contributed by atoms with E-state index >= 15 is 0 Å². The van der Waals surface area contributed by atoms with Crippen LogP contribution in [0.1, 0.15) is 57.8 Å². The zero-order valence-corrected chi connectivity index (χ0v) is 12.1. The van der Waals surface area contributed by atoms with Gasteiger partial charge in [-0.1, -0.05) is 93.6 Å². The third kappa shape index (κ3) is 6.09. The van der Waals surface area contributed by atoms with E-state index in [0.29, 0.717) is 0 Å². The first-order valence-corrected chi connectivity index (χ1v) is 8.15. The lowest BCUT2D eigenvalue weighted by Gasteiger charge is -2.06. The van der Waals surface area contributed by atoms with Crippen molar-refractivity contribution in [3.63, 3.8) is 0 Å². The summed E-state index contributed by atoms with van der Waals surface area (Å²) < 4.78 is 0. The van der Waals surface area contributed by atoms with Gasteiger partial charge in [0.2, 0.25) is 0 Å². The molecule has 0 saturated carbocycles. The van der Waals surface area contributed by atoms with Crippen molar-refractivity contribution in [3.8, 4) is 0 Å². The fourth-order valence-corrected chi connectivity index (χ4v) is 2.98. The highest BCUT2D eigenvalue weighted by Gasteiger charge is 2.03. The van der Waals surface area contributed by atoms with Crippen LogP contribution in [-0.4, -0.2) is 0 Å². The largest absolute Gasteiger partial charge is 0.0776 e. The third-order valence-electron chi connectivity index (χ3n) is 4.23. The fraction of sp³-hybridized carbons (Fsp3) is 0.579. The number of unbranched alkanes of at least 4 members (excludes halogenated alkanes) is 6. The van der Waals surface area contributed by atoms with E-state index in [2.05, 4.69) is 48.6 Å². The van der Waals surface area contributed by atoms with E-state index in [1.165, 1.54) is 57.8 Å². The Morgan fingerprint density at radius 2 is 0.737 bits per heavy atom. The van der Waals surface area contributed by atoms with Gasteiger partial charge < -0.3 is 0 Å². The van der Waals surface area contributed by atoms with E-state index in [-0.39, 0.29) is 0 Å². The summed E-state index contributed by atoms with van der Waals surface area (Å²) in [6.45, 7) is 0. The summed E-state index contributed by atoms with van der Waals surface area (Å²) >= 11 is 0. The van der Waals surface area contributed by atoms with Crippen LogP contribution in [-0.2, 0) is 0 Å². The average Bonchev–Trinajstić information content (AvgIpc) is 3.10. The maximum atomic E-state index is 2.33. The highest BCUT2D eigenvalue weighted by atomic mass is 14.1. The lowest BCUT2D eigenvalue weighted by molar-refractivity contribution is 0.535. The summed E-state index contributed by atoms with van der Waals surface area (Å²) in [6.07, 6.45) is 30.7. The highest BCUT2D eigenvalue weighted by molar-refractivity contribution is 5.17. The molecule has 0 spiro atoms. The van der Waals surface area contributed by atoms with Crippen molar-refractivity contribution < 1.29 is 0 Å². The minimum atomic E-state index is 0.743. The third-order valence-corrected chi connectivity index (χ3v) is 4.23. The van der Waals surface area contributed by atoms with Crippen molar-refractivity contribution in [2.75, 3.05) is 0 Å². The van der Waals surface area contributed by atoms with Gasteiger partial charge in [0, 0.05) is 0 Å². The lowest BCUT2D eigenvalue weighted by atomic mass is 10.00. The van der Waals surface area contributed by atoms with Gasteiger partial charge in [-0.05, 0) is 24.7 Å². The maximum Gasteiger partial charge on any atom is -0.00473 e. The number of rotatable bonds is 10. The molecule has 0 aromatic carbocycles. The monoisotopic (exact) mass is 256 g/mol. The van der Waals surface area contributed by atoms with Crippen LogP contribution in [0.2, 0.25) is 0 Å². The molecule has 0 atom stereocenters. The van der Waals surface area contributed by atoms with Crippen molar-refractivity contribution in [2.24, 2.45) is 11.8 Å². The van der Waals surface area contributed by atoms with E-state index in [1.807, 2.05) is 0 Å². The molecule has 0 aromatic heterocycles. The molecule has 0 saturated heterocycles. The van der Waals surface area contributed by atoms with Gasteiger partial charge in [0.05, 0.1) is 0 Å². The Balaban J connectivity index is 1.32. The quantitative estimate of drug-likeness (QED) is 0.422. The summed E-state index contributed by atoms with van der Waals surface area (Å²) in [5.41, 5.74) is 0. The van der Waals surface area contributed by atoms with Crippen molar-refractivity contribution in [3.05, 3.63) is 48.6 Å². The molecule has 0 unspecified atom stereocenters. The number of hydrogen-bond donors (Lipinski definition) is 0. The second-order valence-corrected chi connectivity index (χ2v) is 5.92. The summed E-state index contributed by atoms with van der Waals surface area (Å²) in [7, 11) is 0. The van der Waals surface area contributed by atoms with E-state index in [4.69, 9.17) is 0 Å². The first kappa shape index (κ1) is 14.4. The van der Waals surface area contributed by atoms with Crippen molar-refractivity contribution in [2.45, 2.75) is 57.8 Å². The van der Waals surface area contributed by atoms with E-state index in [0.717, 1.165) is 11.8 Å². The van der Waals surface area contributed by atoms with Crippen LogP contribution in [0.4, 0.5) is 0 Å². The summed E-state index contributed by atoms with van der Waals surface area (Å²) in [5.74, 6) is 1.49. The first-order valence-electron chi connectivity index (χ1n) is 8.15. The fourth-order valence-electron chi connectivity index (χ4n) is 2.98. The molecule has 2 aliphatic carbocycles. The minimum absolute atomic E-state index is 0.743. The Hall–Kier alpha value is -1.04. The van der Waals surface area contributed by atoms with Crippen molar-refractivity contribution >= 4 is 0 Å². The second kappa shape index (κ2) is 8.96. The van der Waals surface area contributed by atoms with E-state index < -0.39 is 0 Å². The van der Waals surface area contributed by atoms with Gasteiger partial charge >= 0.3 is 0 Å². The molecule has 104 valence electrons. The molecule has 0 amide bonds. The zero-order valence-electron chi connectivity index (χ0n) is 12.1. The summed E-state index contributed by atoms with van der Waals surface area (Å²) in [6, 6.07) is 0. The topological polar surface area (TPSA) is 0 Å². The standard InChI is InChI=1S/C19H28/c1(2-4-6-12-18-14-8-9-15-18)3-5-7-13-19-16-10-11-17-19/h8-11,14-19H,1-7,12-13H2. The van der Waals surface area contributed by atoms with Gasteiger partial charge in [-0.25, -0.2) is 0 Å².